The summed E-state index contributed by atoms with van der Waals surface area (Å²) in [6.07, 6.45) is 0.584. The summed E-state index contributed by atoms with van der Waals surface area (Å²) in [5.41, 5.74) is -0.968. The highest BCUT2D eigenvalue weighted by molar-refractivity contribution is 6.27. The number of piperidine rings is 1. The van der Waals surface area contributed by atoms with E-state index in [1.54, 1.807) is 4.90 Å². The molecule has 3 atom stereocenters. The minimum atomic E-state index is -4.64. The number of anilines is 2. The molecule has 1 aliphatic heterocycles. The Balaban J connectivity index is 1.79. The lowest BCUT2D eigenvalue weighted by molar-refractivity contribution is -0.137. The Kier molecular flexibility index (Phi) is 8.02. The average molecular weight is 477 g/mol. The number of halogens is 4. The molecule has 2 amide bonds. The van der Waals surface area contributed by atoms with E-state index in [1.165, 1.54) is 6.92 Å². The molecule has 0 aromatic carbocycles. The lowest BCUT2D eigenvalue weighted by atomic mass is 9.90. The topological polar surface area (TPSA) is 99.3 Å². The first-order chi connectivity index (χ1) is 15.2. The molecule has 8 nitrogen and oxygen atoms in total. The summed E-state index contributed by atoms with van der Waals surface area (Å²) >= 11 is 5.57. The molecule has 1 aliphatic carbocycles. The second-order valence-electron chi connectivity index (χ2n) is 8.25. The van der Waals surface area contributed by atoms with Crippen LogP contribution in [0.15, 0.2) is 6.20 Å². The van der Waals surface area contributed by atoms with Gasteiger partial charge in [-0.15, -0.1) is 11.6 Å². The van der Waals surface area contributed by atoms with Gasteiger partial charge in [-0.2, -0.15) is 18.2 Å². The summed E-state index contributed by atoms with van der Waals surface area (Å²) < 4.78 is 40.9. The Hall–Kier alpha value is -2.30. The largest absolute Gasteiger partial charge is 0.421 e. The molecular weight excluding hydrogens is 449 g/mol. The lowest BCUT2D eigenvalue weighted by Gasteiger charge is -2.34. The van der Waals surface area contributed by atoms with Gasteiger partial charge >= 0.3 is 6.18 Å². The maximum absolute atomic E-state index is 13.6. The fraction of sp³-hybridized carbons (Fsp3) is 0.700. The van der Waals surface area contributed by atoms with Gasteiger partial charge in [-0.25, -0.2) is 4.98 Å². The third-order valence-electron chi connectivity index (χ3n) is 5.85. The second-order valence-corrected chi connectivity index (χ2v) is 8.51. The molecule has 1 aromatic heterocycles. The molecular formula is C20H28ClF3N6O2. The zero-order chi connectivity index (χ0) is 23.3. The normalized spacial score (nSPS) is 24.0. The number of amides is 2. The van der Waals surface area contributed by atoms with Gasteiger partial charge < -0.3 is 20.9 Å². The molecule has 3 rings (SSSR count). The number of nitrogens with one attached hydrogen (secondary N) is 3. The Morgan fingerprint density at radius 1 is 1.16 bits per heavy atom. The Morgan fingerprint density at radius 2 is 1.88 bits per heavy atom. The Bertz CT molecular complexity index is 825. The van der Waals surface area contributed by atoms with Crippen LogP contribution < -0.4 is 16.0 Å². The number of hydrogen-bond acceptors (Lipinski definition) is 6. The Labute approximate surface area is 189 Å². The van der Waals surface area contributed by atoms with Crippen LogP contribution in [0.5, 0.6) is 0 Å². The number of nitrogens with zero attached hydrogens (tertiary/aromatic N) is 3. The average Bonchev–Trinajstić information content (AvgIpc) is 2.74. The minimum Gasteiger partial charge on any atom is -0.365 e. The molecule has 0 radical (unpaired) electrons. The quantitative estimate of drug-likeness (QED) is 0.546. The first-order valence-electron chi connectivity index (χ1n) is 10.8. The van der Waals surface area contributed by atoms with E-state index in [0.29, 0.717) is 25.9 Å². The predicted octanol–water partition coefficient (Wildman–Crippen LogP) is 3.00. The summed E-state index contributed by atoms with van der Waals surface area (Å²) in [6, 6.07) is -0.907. The van der Waals surface area contributed by atoms with Gasteiger partial charge in [0.25, 0.3) is 0 Å². The highest BCUT2D eigenvalue weighted by atomic mass is 35.5. The standard InChI is InChI=1S/C20H28ClF3N6O2/c1-12(31)30-8-4-5-13(11-30)26-19-25-10-14(20(22,23)24)18(29-19)28-16-7-3-2-6-15(16)27-17(32)9-21/h10,13,15-16H,2-9,11H2,1H3,(H,27,32)(H2,25,26,28,29)/t13-,15?,16?/m0/s1. The molecule has 12 heteroatoms. The van der Waals surface area contributed by atoms with E-state index in [0.717, 1.165) is 31.9 Å². The Morgan fingerprint density at radius 3 is 2.53 bits per heavy atom. The van der Waals surface area contributed by atoms with Crippen LogP contribution >= 0.6 is 11.6 Å². The lowest BCUT2D eigenvalue weighted by Crippen LogP contribution is -2.49. The van der Waals surface area contributed by atoms with Gasteiger partial charge in [0.2, 0.25) is 17.8 Å². The van der Waals surface area contributed by atoms with E-state index >= 15 is 0 Å². The summed E-state index contributed by atoms with van der Waals surface area (Å²) in [6.45, 7) is 2.59. The van der Waals surface area contributed by atoms with Crippen LogP contribution in [0, 0.1) is 0 Å². The van der Waals surface area contributed by atoms with E-state index in [-0.39, 0.29) is 41.5 Å². The van der Waals surface area contributed by atoms with Gasteiger partial charge in [0.15, 0.2) is 0 Å². The van der Waals surface area contributed by atoms with Crippen LogP contribution in [-0.4, -0.2) is 63.8 Å². The highest BCUT2D eigenvalue weighted by Gasteiger charge is 2.37. The molecule has 2 unspecified atom stereocenters. The first kappa shape index (κ1) is 24.3. The van der Waals surface area contributed by atoms with Gasteiger partial charge in [-0.05, 0) is 25.7 Å². The maximum Gasteiger partial charge on any atom is 0.421 e. The molecule has 32 heavy (non-hydrogen) atoms. The summed E-state index contributed by atoms with van der Waals surface area (Å²) in [7, 11) is 0. The molecule has 2 fully saturated rings. The van der Waals surface area contributed by atoms with Crippen LogP contribution in [0.25, 0.3) is 0 Å². The smallest absolute Gasteiger partial charge is 0.365 e. The number of likely N-dealkylation sites (tertiary alicyclic amines) is 1. The first-order valence-corrected chi connectivity index (χ1v) is 11.3. The number of alkyl halides is 4. The molecule has 1 saturated carbocycles. The van der Waals surface area contributed by atoms with Crippen LogP contribution in [-0.2, 0) is 15.8 Å². The zero-order valence-electron chi connectivity index (χ0n) is 17.8. The fourth-order valence-electron chi connectivity index (χ4n) is 4.23. The number of carbonyl (C=O) groups excluding carboxylic acids is 2. The highest BCUT2D eigenvalue weighted by Crippen LogP contribution is 2.35. The van der Waals surface area contributed by atoms with Gasteiger partial charge in [-0.1, -0.05) is 12.8 Å². The molecule has 0 bridgehead atoms. The van der Waals surface area contributed by atoms with Gasteiger partial charge in [-0.3, -0.25) is 9.59 Å². The van der Waals surface area contributed by atoms with Crippen molar-refractivity contribution in [1.29, 1.82) is 0 Å². The molecule has 2 aliphatic rings. The van der Waals surface area contributed by atoms with Crippen LogP contribution in [0.1, 0.15) is 51.0 Å². The summed E-state index contributed by atoms with van der Waals surface area (Å²) in [5.74, 6) is -0.885. The van der Waals surface area contributed by atoms with Crippen molar-refractivity contribution >= 4 is 35.2 Å². The fourth-order valence-corrected chi connectivity index (χ4v) is 4.31. The summed E-state index contributed by atoms with van der Waals surface area (Å²) in [5, 5.41) is 8.75. The van der Waals surface area contributed by atoms with Gasteiger partial charge in [0.1, 0.15) is 17.3 Å². The maximum atomic E-state index is 13.6. The van der Waals surface area contributed by atoms with Crippen LogP contribution in [0.2, 0.25) is 0 Å². The third-order valence-corrected chi connectivity index (χ3v) is 6.09. The zero-order valence-corrected chi connectivity index (χ0v) is 18.6. The van der Waals surface area contributed by atoms with Gasteiger partial charge in [0, 0.05) is 44.3 Å². The predicted molar refractivity (Wildman–Crippen MR) is 114 cm³/mol. The number of aromatic nitrogens is 2. The minimum absolute atomic E-state index is 0.0467. The second kappa shape index (κ2) is 10.5. The summed E-state index contributed by atoms with van der Waals surface area (Å²) in [4.78, 5) is 33.1. The van der Waals surface area contributed by atoms with E-state index in [4.69, 9.17) is 11.6 Å². The van der Waals surface area contributed by atoms with Crippen LogP contribution in [0.3, 0.4) is 0 Å². The van der Waals surface area contributed by atoms with Crippen molar-refractivity contribution in [2.24, 2.45) is 0 Å². The molecule has 3 N–H and O–H groups in total. The molecule has 1 saturated heterocycles. The van der Waals surface area contributed by atoms with Crippen molar-refractivity contribution in [3.63, 3.8) is 0 Å². The van der Waals surface area contributed by atoms with Crippen molar-refractivity contribution in [3.8, 4) is 0 Å². The molecule has 178 valence electrons. The van der Waals surface area contributed by atoms with Crippen molar-refractivity contribution in [2.75, 3.05) is 29.6 Å². The SMILES string of the molecule is CC(=O)N1CCC[C@H](Nc2ncc(C(F)(F)F)c(NC3CCCCC3NC(=O)CCl)n2)C1. The van der Waals surface area contributed by atoms with Crippen molar-refractivity contribution in [3.05, 3.63) is 11.8 Å². The van der Waals surface area contributed by atoms with Crippen LogP contribution in [0.4, 0.5) is 24.9 Å². The monoisotopic (exact) mass is 476 g/mol. The van der Waals surface area contributed by atoms with E-state index in [9.17, 15) is 22.8 Å². The van der Waals surface area contributed by atoms with Gasteiger partial charge in [0.05, 0.1) is 0 Å². The molecule has 2 heterocycles. The molecule has 0 spiro atoms. The van der Waals surface area contributed by atoms with E-state index in [1.807, 2.05) is 0 Å². The third kappa shape index (κ3) is 6.36. The van der Waals surface area contributed by atoms with Crippen molar-refractivity contribution in [1.82, 2.24) is 20.2 Å². The number of hydrogen-bond donors (Lipinski definition) is 3. The number of rotatable bonds is 6. The van der Waals surface area contributed by atoms with E-state index < -0.39 is 17.8 Å². The van der Waals surface area contributed by atoms with E-state index in [2.05, 4.69) is 25.9 Å². The van der Waals surface area contributed by atoms with Crippen molar-refractivity contribution < 1.29 is 22.8 Å². The number of carbonyl (C=O) groups is 2. The van der Waals surface area contributed by atoms with Crippen molar-refractivity contribution in [2.45, 2.75) is 69.8 Å². The molecule has 1 aromatic rings.